The lowest BCUT2D eigenvalue weighted by Crippen LogP contribution is -2.33. The Kier molecular flexibility index (Phi) is 13.5. The van der Waals surface area contributed by atoms with E-state index in [0.29, 0.717) is 23.3 Å². The molecule has 0 saturated heterocycles. The van der Waals surface area contributed by atoms with E-state index in [4.69, 9.17) is 24.9 Å². The number of para-hydroxylation sites is 2. The van der Waals surface area contributed by atoms with Gasteiger partial charge >= 0.3 is 0 Å². The largest absolute Gasteiger partial charge is 0.344 e. The van der Waals surface area contributed by atoms with Gasteiger partial charge in [0.25, 0.3) is 0 Å². The molecule has 2 atom stereocenters. The van der Waals surface area contributed by atoms with Crippen molar-refractivity contribution >= 4 is 72.6 Å². The Bertz CT molecular complexity index is 6160. The first-order chi connectivity index (χ1) is 49.6. The number of aliphatic imine (C=N–C) groups is 2. The van der Waals surface area contributed by atoms with Crippen LogP contribution in [0.15, 0.2) is 347 Å². The summed E-state index contributed by atoms with van der Waals surface area (Å²) in [6, 6.07) is 112. The number of fused-ring (bicyclic) bond motifs is 15. The molecule has 9 heteroatoms. The molecule has 1 spiro atoms. The monoisotopic (exact) mass is 1300 g/mol. The van der Waals surface area contributed by atoms with Gasteiger partial charge in [0.05, 0.1) is 27.5 Å². The number of hydrogen-bond donors (Lipinski definition) is 1. The summed E-state index contributed by atoms with van der Waals surface area (Å²) < 4.78 is 4.84. The molecule has 16 aromatic rings. The van der Waals surface area contributed by atoms with Crippen LogP contribution in [-0.4, -0.2) is 35.8 Å². The van der Waals surface area contributed by atoms with E-state index in [1.807, 2.05) is 54.2 Å². The van der Waals surface area contributed by atoms with Gasteiger partial charge in [-0.3, -0.25) is 0 Å². The van der Waals surface area contributed by atoms with Gasteiger partial charge < -0.3 is 14.5 Å². The van der Waals surface area contributed by atoms with Crippen LogP contribution in [0.1, 0.15) is 63.8 Å². The van der Waals surface area contributed by atoms with E-state index in [1.54, 1.807) is 0 Å². The van der Waals surface area contributed by atoms with Crippen molar-refractivity contribution in [2.45, 2.75) is 34.2 Å². The third-order valence-corrected chi connectivity index (χ3v) is 21.7. The molecule has 4 aliphatic rings. The van der Waals surface area contributed by atoms with Gasteiger partial charge in [0.1, 0.15) is 12.0 Å². The summed E-state index contributed by atoms with van der Waals surface area (Å²) in [6.45, 7) is 0. The lowest BCUT2D eigenvalue weighted by molar-refractivity contribution is 0.674. The van der Waals surface area contributed by atoms with Crippen molar-refractivity contribution in [2.75, 3.05) is 0 Å². The zero-order chi connectivity index (χ0) is 65.8. The van der Waals surface area contributed by atoms with Crippen molar-refractivity contribution in [3.63, 3.8) is 0 Å². The van der Waals surface area contributed by atoms with Crippen LogP contribution >= 0.6 is 11.8 Å². The Morgan fingerprint density at radius 2 is 0.970 bits per heavy atom. The molecule has 2 unspecified atom stereocenters. The molecule has 0 saturated carbocycles. The molecule has 0 bridgehead atoms. The number of amidine groups is 2. The molecule has 20 rings (SSSR count). The summed E-state index contributed by atoms with van der Waals surface area (Å²) in [6.07, 6.45) is 8.24. The molecule has 13 aromatic carbocycles. The van der Waals surface area contributed by atoms with Crippen molar-refractivity contribution in [2.24, 2.45) is 9.98 Å². The summed E-state index contributed by atoms with van der Waals surface area (Å²) >= 11 is 1.89. The van der Waals surface area contributed by atoms with Gasteiger partial charge in [0, 0.05) is 70.5 Å². The predicted octanol–water partition coefficient (Wildman–Crippen LogP) is 21.8. The van der Waals surface area contributed by atoms with Gasteiger partial charge in [-0.15, -0.1) is 0 Å². The van der Waals surface area contributed by atoms with Crippen LogP contribution in [0.25, 0.3) is 117 Å². The van der Waals surface area contributed by atoms with Gasteiger partial charge in [-0.1, -0.05) is 279 Å². The molecule has 0 fully saturated rings. The minimum atomic E-state index is -0.614. The minimum Gasteiger partial charge on any atom is -0.344 e. The maximum Gasteiger partial charge on any atom is 0.164 e. The smallest absolute Gasteiger partial charge is 0.164 e. The summed E-state index contributed by atoms with van der Waals surface area (Å²) in [5, 5.41) is 8.32. The van der Waals surface area contributed by atoms with Crippen molar-refractivity contribution in [1.29, 1.82) is 0 Å². The van der Waals surface area contributed by atoms with Gasteiger partial charge in [-0.2, -0.15) is 0 Å². The lowest BCUT2D eigenvalue weighted by Gasteiger charge is -2.40. The van der Waals surface area contributed by atoms with E-state index in [0.717, 1.165) is 113 Å². The van der Waals surface area contributed by atoms with Gasteiger partial charge in [-0.05, 0) is 135 Å². The lowest BCUT2D eigenvalue weighted by atomic mass is 9.67. The molecule has 8 nitrogen and oxygen atoms in total. The maximum atomic E-state index is 5.30. The van der Waals surface area contributed by atoms with E-state index >= 15 is 0 Å². The molecule has 1 N–H and O–H groups in total. The molecule has 3 aromatic heterocycles. The van der Waals surface area contributed by atoms with Crippen molar-refractivity contribution < 1.29 is 0 Å². The second kappa shape index (κ2) is 23.3. The second-order valence-corrected chi connectivity index (χ2v) is 27.2. The molecule has 5 heterocycles. The van der Waals surface area contributed by atoms with E-state index in [2.05, 4.69) is 300 Å². The van der Waals surface area contributed by atoms with Gasteiger partial charge in [-0.25, -0.2) is 24.9 Å². The average molecular weight is 1300 g/mol. The number of nitrogens with one attached hydrogen (secondary N) is 1. The SMILES string of the molecule is C1=CC(c2nc(-c3ccccc3)nc(-c3cccc4c3c3ccc(-c5ccc6c(c5)-c5ccccc5C65c6ccccc6Sc6c(-c7ccc8c9ccccc9n(-c9cccc(C%10=NC(c%11ccccc%11)=NC(c%11ccccc%11)N%10)c9)c8c7)cccc65)cc3n4-c3ccccc3)n2)=CCC1. The molecule has 2 aliphatic carbocycles. The summed E-state index contributed by atoms with van der Waals surface area (Å²) in [5.41, 5.74) is 24.2. The second-order valence-electron chi connectivity index (χ2n) is 26.1. The Hall–Kier alpha value is -12.6. The molecular formula is C91H60N8S. The van der Waals surface area contributed by atoms with Crippen LogP contribution in [0, 0.1) is 0 Å². The average Bonchev–Trinajstić information content (AvgIpc) is 1.49. The summed E-state index contributed by atoms with van der Waals surface area (Å²) in [7, 11) is 0. The summed E-state index contributed by atoms with van der Waals surface area (Å²) in [5.74, 6) is 3.44. The normalized spacial score (nSPS) is 15.8. The Balaban J connectivity index is 0.720. The highest BCUT2D eigenvalue weighted by atomic mass is 32.2. The molecular weight excluding hydrogens is 1240 g/mol. The summed E-state index contributed by atoms with van der Waals surface area (Å²) in [4.78, 5) is 28.6. The first-order valence-corrected chi connectivity index (χ1v) is 35.0. The fraction of sp³-hybridized carbons (Fsp3) is 0.0440. The van der Waals surface area contributed by atoms with Crippen LogP contribution in [-0.2, 0) is 5.41 Å². The number of benzene rings is 13. The highest BCUT2D eigenvalue weighted by molar-refractivity contribution is 7.99. The van der Waals surface area contributed by atoms with Crippen LogP contribution in [0.5, 0.6) is 0 Å². The van der Waals surface area contributed by atoms with E-state index in [9.17, 15) is 0 Å². The minimum absolute atomic E-state index is 0.312. The molecule has 0 radical (unpaired) electrons. The van der Waals surface area contributed by atoms with E-state index in [1.165, 1.54) is 59.5 Å². The standard InChI is InChI=1S/C91H60N8S/c1-6-25-57(26-7-1)85-92-86(58-27-8-2-9-28-58)95-89(94-85)64-33-22-36-66(53-64)99-78-44-20-17-38-69(78)70-50-48-63(56-80(70)99)67-39-23-43-77-84(67)100-82-46-21-19-42-76(82)91(77)74-41-18-16-37-68(74)73-54-61(49-52-75(73)91)62-47-51-71-81(55-62)98(65-34-14-5-15-35-65)79-45-24-40-72(83(71)79)90-96-87(59-29-10-3-11-30-59)93-88(97-90)60-31-12-4-13-32-60/h1-3,5-12,14-56,85H,4,13H2,(H,92,94,95). The number of hydrogen-bond acceptors (Lipinski definition) is 7. The Labute approximate surface area is 582 Å². The quantitative estimate of drug-likeness (QED) is 0.147. The highest BCUT2D eigenvalue weighted by Gasteiger charge is 2.51. The van der Waals surface area contributed by atoms with Crippen molar-refractivity contribution in [1.82, 2.24) is 29.4 Å². The molecule has 0 amide bonds. The molecule has 2 aliphatic heterocycles. The van der Waals surface area contributed by atoms with Crippen LogP contribution < -0.4 is 5.32 Å². The van der Waals surface area contributed by atoms with Crippen molar-refractivity contribution in [3.05, 3.63) is 372 Å². The molecule has 470 valence electrons. The molecule has 100 heavy (non-hydrogen) atoms. The zero-order valence-corrected chi connectivity index (χ0v) is 55.0. The highest BCUT2D eigenvalue weighted by Crippen LogP contribution is 2.64. The number of nitrogens with zero attached hydrogens (tertiary/aromatic N) is 7. The number of aromatic nitrogens is 5. The topological polar surface area (TPSA) is 85.3 Å². The van der Waals surface area contributed by atoms with Crippen molar-refractivity contribution in [3.8, 4) is 67.5 Å². The third kappa shape index (κ3) is 9.19. The predicted molar refractivity (Wildman–Crippen MR) is 410 cm³/mol. The number of allylic oxidation sites excluding steroid dienone is 4. The first kappa shape index (κ1) is 57.7. The van der Waals surface area contributed by atoms with Crippen LogP contribution in [0.2, 0.25) is 0 Å². The number of rotatable bonds is 10. The van der Waals surface area contributed by atoms with E-state index in [-0.39, 0.29) is 6.17 Å². The Morgan fingerprint density at radius 3 is 1.82 bits per heavy atom. The fourth-order valence-electron chi connectivity index (χ4n) is 16.1. The maximum absolute atomic E-state index is 5.30. The van der Waals surface area contributed by atoms with Crippen LogP contribution in [0.4, 0.5) is 0 Å². The third-order valence-electron chi connectivity index (χ3n) is 20.5. The zero-order valence-electron chi connectivity index (χ0n) is 54.2. The van der Waals surface area contributed by atoms with Gasteiger partial charge in [0.2, 0.25) is 0 Å². The Morgan fingerprint density at radius 1 is 0.380 bits per heavy atom. The first-order valence-electron chi connectivity index (χ1n) is 34.2. The van der Waals surface area contributed by atoms with E-state index < -0.39 is 5.41 Å². The van der Waals surface area contributed by atoms with Crippen LogP contribution in [0.3, 0.4) is 0 Å². The fourth-order valence-corrected chi connectivity index (χ4v) is 17.4. The van der Waals surface area contributed by atoms with Gasteiger partial charge in [0.15, 0.2) is 23.3 Å².